The summed E-state index contributed by atoms with van der Waals surface area (Å²) in [6, 6.07) is 13.0. The van der Waals surface area contributed by atoms with Crippen LogP contribution in [-0.2, 0) is 0 Å². The Bertz CT molecular complexity index is 630. The molecule has 1 amide bonds. The summed E-state index contributed by atoms with van der Waals surface area (Å²) in [5, 5.41) is 6.37. The predicted octanol–water partition coefficient (Wildman–Crippen LogP) is 3.36. The number of ether oxygens (including phenoxy) is 1. The second kappa shape index (κ2) is 8.04. The normalized spacial score (nSPS) is 20.4. The van der Waals surface area contributed by atoms with Crippen molar-refractivity contribution in [2.24, 2.45) is 0 Å². The molecule has 0 radical (unpaired) electrons. The van der Waals surface area contributed by atoms with E-state index in [0.29, 0.717) is 11.7 Å². The zero-order valence-electron chi connectivity index (χ0n) is 13.0. The highest BCUT2D eigenvalue weighted by molar-refractivity contribution is 5.91. The second-order valence-corrected chi connectivity index (χ2v) is 5.50. The van der Waals surface area contributed by atoms with E-state index in [2.05, 4.69) is 17.6 Å². The number of halogens is 1. The van der Waals surface area contributed by atoms with Crippen LogP contribution in [0.5, 0.6) is 11.7 Å². The van der Waals surface area contributed by atoms with Gasteiger partial charge in [0.2, 0.25) is 0 Å². The molecule has 1 aliphatic heterocycles. The number of carbonyl (C=O) groups is 1. The molecule has 2 aromatic rings. The number of piperidine rings is 1. The summed E-state index contributed by atoms with van der Waals surface area (Å²) in [5.41, 5.74) is 0. The first kappa shape index (κ1) is 17.4. The van der Waals surface area contributed by atoms with Gasteiger partial charge in [0.25, 0.3) is 11.9 Å². The van der Waals surface area contributed by atoms with Crippen LogP contribution in [0.4, 0.5) is 0 Å². The van der Waals surface area contributed by atoms with Crippen LogP contribution >= 0.6 is 12.4 Å². The van der Waals surface area contributed by atoms with Crippen molar-refractivity contribution < 1.29 is 13.9 Å². The Morgan fingerprint density at radius 3 is 2.78 bits per heavy atom. The van der Waals surface area contributed by atoms with Crippen molar-refractivity contribution in [1.82, 2.24) is 10.6 Å². The standard InChI is InChI=1S/C17H20N2O3.ClH/c1-12-14(8-5-11-18-12)19-17(20)15-9-10-16(22-15)21-13-6-3-2-4-7-13;/h2-4,6-7,9-10,12,14,18H,5,8,11H2,1H3,(H,19,20);1H. The van der Waals surface area contributed by atoms with Crippen LogP contribution in [-0.4, -0.2) is 24.5 Å². The molecule has 6 heteroatoms. The monoisotopic (exact) mass is 336 g/mol. The summed E-state index contributed by atoms with van der Waals surface area (Å²) < 4.78 is 11.0. The molecule has 2 N–H and O–H groups in total. The average Bonchev–Trinajstić information content (AvgIpc) is 2.99. The van der Waals surface area contributed by atoms with Crippen LogP contribution in [0.15, 0.2) is 46.9 Å². The van der Waals surface area contributed by atoms with E-state index in [0.717, 1.165) is 19.4 Å². The fourth-order valence-electron chi connectivity index (χ4n) is 2.58. The summed E-state index contributed by atoms with van der Waals surface area (Å²) in [4.78, 5) is 12.2. The Kier molecular flexibility index (Phi) is 6.07. The zero-order chi connectivity index (χ0) is 15.4. The van der Waals surface area contributed by atoms with Crippen molar-refractivity contribution in [3.05, 3.63) is 48.2 Å². The lowest BCUT2D eigenvalue weighted by Crippen LogP contribution is -2.51. The second-order valence-electron chi connectivity index (χ2n) is 5.50. The highest BCUT2D eigenvalue weighted by Gasteiger charge is 2.24. The van der Waals surface area contributed by atoms with E-state index in [4.69, 9.17) is 9.15 Å². The third kappa shape index (κ3) is 4.50. The number of para-hydroxylation sites is 1. The van der Waals surface area contributed by atoms with Crippen molar-refractivity contribution in [3.63, 3.8) is 0 Å². The maximum Gasteiger partial charge on any atom is 0.290 e. The fraction of sp³-hybridized carbons (Fsp3) is 0.353. The van der Waals surface area contributed by atoms with Crippen LogP contribution in [0.3, 0.4) is 0 Å². The van der Waals surface area contributed by atoms with Crippen molar-refractivity contribution in [1.29, 1.82) is 0 Å². The minimum Gasteiger partial charge on any atom is -0.426 e. The van der Waals surface area contributed by atoms with Crippen LogP contribution in [0.25, 0.3) is 0 Å². The van der Waals surface area contributed by atoms with Gasteiger partial charge in [0, 0.05) is 18.2 Å². The van der Waals surface area contributed by atoms with Crippen LogP contribution in [0, 0.1) is 0 Å². The number of hydrogen-bond donors (Lipinski definition) is 2. The third-order valence-corrected chi connectivity index (χ3v) is 3.85. The Hall–Kier alpha value is -1.98. The molecular weight excluding hydrogens is 316 g/mol. The molecule has 124 valence electrons. The molecule has 2 heterocycles. The van der Waals surface area contributed by atoms with Gasteiger partial charge >= 0.3 is 0 Å². The molecule has 1 aromatic heterocycles. The molecule has 1 saturated heterocycles. The maximum atomic E-state index is 12.2. The van der Waals surface area contributed by atoms with Crippen molar-refractivity contribution >= 4 is 18.3 Å². The van der Waals surface area contributed by atoms with Crippen LogP contribution in [0.2, 0.25) is 0 Å². The van der Waals surface area contributed by atoms with Gasteiger partial charge in [-0.1, -0.05) is 18.2 Å². The maximum absolute atomic E-state index is 12.2. The minimum atomic E-state index is -0.205. The van der Waals surface area contributed by atoms with E-state index in [1.165, 1.54) is 0 Å². The number of amides is 1. The predicted molar refractivity (Wildman–Crippen MR) is 90.4 cm³/mol. The lowest BCUT2D eigenvalue weighted by Gasteiger charge is -2.30. The first-order chi connectivity index (χ1) is 10.7. The number of carbonyl (C=O) groups excluding carboxylic acids is 1. The molecule has 1 aliphatic rings. The number of rotatable bonds is 4. The Labute approximate surface area is 141 Å². The molecule has 1 aromatic carbocycles. The van der Waals surface area contributed by atoms with Gasteiger partial charge in [0.15, 0.2) is 5.76 Å². The molecule has 0 bridgehead atoms. The molecule has 3 rings (SSSR count). The van der Waals surface area contributed by atoms with Crippen molar-refractivity contribution in [2.45, 2.75) is 31.8 Å². The smallest absolute Gasteiger partial charge is 0.290 e. The molecular formula is C17H21ClN2O3. The van der Waals surface area contributed by atoms with E-state index >= 15 is 0 Å². The van der Waals surface area contributed by atoms with E-state index < -0.39 is 0 Å². The average molecular weight is 337 g/mol. The molecule has 0 aliphatic carbocycles. The molecule has 0 saturated carbocycles. The SMILES string of the molecule is CC1NCCCC1NC(=O)c1ccc(Oc2ccccc2)o1.Cl. The fourth-order valence-corrected chi connectivity index (χ4v) is 2.58. The summed E-state index contributed by atoms with van der Waals surface area (Å²) in [6.07, 6.45) is 2.05. The van der Waals surface area contributed by atoms with Gasteiger partial charge in [0.05, 0.1) is 0 Å². The summed E-state index contributed by atoms with van der Waals surface area (Å²) >= 11 is 0. The first-order valence-electron chi connectivity index (χ1n) is 7.59. The van der Waals surface area contributed by atoms with Crippen molar-refractivity contribution in [2.75, 3.05) is 6.54 Å². The van der Waals surface area contributed by atoms with Gasteiger partial charge in [-0.2, -0.15) is 0 Å². The highest BCUT2D eigenvalue weighted by Crippen LogP contribution is 2.23. The van der Waals surface area contributed by atoms with E-state index in [9.17, 15) is 4.79 Å². The molecule has 5 nitrogen and oxygen atoms in total. The summed E-state index contributed by atoms with van der Waals surface area (Å²) in [6.45, 7) is 3.08. The number of benzene rings is 1. The van der Waals surface area contributed by atoms with Crippen molar-refractivity contribution in [3.8, 4) is 11.7 Å². The molecule has 0 spiro atoms. The van der Waals surface area contributed by atoms with Gasteiger partial charge in [0.1, 0.15) is 5.75 Å². The molecule has 2 atom stereocenters. The minimum absolute atomic E-state index is 0. The van der Waals surface area contributed by atoms with Crippen LogP contribution < -0.4 is 15.4 Å². The number of furan rings is 1. The zero-order valence-corrected chi connectivity index (χ0v) is 13.8. The van der Waals surface area contributed by atoms with Gasteiger partial charge in [-0.25, -0.2) is 0 Å². The van der Waals surface area contributed by atoms with E-state index in [-0.39, 0.29) is 36.2 Å². The lowest BCUT2D eigenvalue weighted by molar-refractivity contribution is 0.0886. The first-order valence-corrected chi connectivity index (χ1v) is 7.59. The van der Waals surface area contributed by atoms with Gasteiger partial charge in [-0.15, -0.1) is 12.4 Å². The Morgan fingerprint density at radius 2 is 2.04 bits per heavy atom. The third-order valence-electron chi connectivity index (χ3n) is 3.85. The lowest BCUT2D eigenvalue weighted by atomic mass is 10.00. The van der Waals surface area contributed by atoms with Crippen LogP contribution in [0.1, 0.15) is 30.3 Å². The topological polar surface area (TPSA) is 63.5 Å². The van der Waals surface area contributed by atoms with Gasteiger partial charge in [-0.05, 0) is 44.5 Å². The number of nitrogens with one attached hydrogen (secondary N) is 2. The highest BCUT2D eigenvalue weighted by atomic mass is 35.5. The summed E-state index contributed by atoms with van der Waals surface area (Å²) in [7, 11) is 0. The van der Waals surface area contributed by atoms with Gasteiger partial charge in [-0.3, -0.25) is 4.79 Å². The molecule has 2 unspecified atom stereocenters. The largest absolute Gasteiger partial charge is 0.426 e. The van der Waals surface area contributed by atoms with Gasteiger partial charge < -0.3 is 19.8 Å². The Balaban J connectivity index is 0.00000192. The summed E-state index contributed by atoms with van der Waals surface area (Å²) in [5.74, 6) is 1.05. The van der Waals surface area contributed by atoms with E-state index in [1.54, 1.807) is 12.1 Å². The molecule has 1 fully saturated rings. The molecule has 23 heavy (non-hydrogen) atoms. The Morgan fingerprint density at radius 1 is 1.26 bits per heavy atom. The number of hydrogen-bond acceptors (Lipinski definition) is 4. The quantitative estimate of drug-likeness (QED) is 0.898. The van der Waals surface area contributed by atoms with E-state index in [1.807, 2.05) is 30.3 Å².